The fourth-order valence-electron chi connectivity index (χ4n) is 5.07. The number of halogens is 2. The third-order valence-corrected chi connectivity index (χ3v) is 7.03. The molecule has 6 heterocycles. The van der Waals surface area contributed by atoms with Gasteiger partial charge in [-0.05, 0) is 47.9 Å². The number of likely N-dealkylation sites (tertiary alicyclic amines) is 1. The van der Waals surface area contributed by atoms with E-state index in [0.29, 0.717) is 13.1 Å². The number of nitrogens with zero attached hydrogens (tertiary/aromatic N) is 5. The summed E-state index contributed by atoms with van der Waals surface area (Å²) in [6, 6.07) is 7.95. The van der Waals surface area contributed by atoms with E-state index in [1.165, 1.54) is 0 Å². The minimum Gasteiger partial charge on any atom is -0.352 e. The number of fused-ring (bicyclic) bond motifs is 1. The van der Waals surface area contributed by atoms with Gasteiger partial charge in [0.1, 0.15) is 5.69 Å². The number of nitrogens with one attached hydrogen (secondary N) is 2. The summed E-state index contributed by atoms with van der Waals surface area (Å²) in [5, 5.41) is 10.5. The monoisotopic (exact) mass is 523 g/mol. The van der Waals surface area contributed by atoms with Crippen LogP contribution < -0.4 is 10.6 Å². The van der Waals surface area contributed by atoms with Crippen LogP contribution in [0.3, 0.4) is 0 Å². The third kappa shape index (κ3) is 5.00. The maximum absolute atomic E-state index is 13.6. The predicted molar refractivity (Wildman–Crippen MR) is 149 cm³/mol. The molecule has 0 unspecified atom stereocenters. The summed E-state index contributed by atoms with van der Waals surface area (Å²) in [4.78, 5) is 18.2. The Morgan fingerprint density at radius 3 is 2.77 bits per heavy atom. The van der Waals surface area contributed by atoms with Crippen molar-refractivity contribution in [1.82, 2.24) is 35.0 Å². The van der Waals surface area contributed by atoms with Gasteiger partial charge in [-0.25, -0.2) is 8.78 Å². The quantitative estimate of drug-likeness (QED) is 0.341. The minimum absolute atomic E-state index is 0.103. The van der Waals surface area contributed by atoms with E-state index in [1.807, 2.05) is 49.7 Å². The molecule has 9 heteroatoms. The smallest absolute Gasteiger partial charge is 0.261 e. The Balaban J connectivity index is 1.36. The van der Waals surface area contributed by atoms with E-state index in [2.05, 4.69) is 42.8 Å². The summed E-state index contributed by atoms with van der Waals surface area (Å²) < 4.78 is 27.3. The number of rotatable bonds is 6. The Morgan fingerprint density at radius 2 is 2.00 bits per heavy atom. The van der Waals surface area contributed by atoms with Crippen molar-refractivity contribution >= 4 is 28.6 Å². The molecule has 0 aromatic carbocycles. The fraction of sp³-hybridized carbons (Fsp3) is 0.200. The van der Waals surface area contributed by atoms with Crippen LogP contribution in [0.15, 0.2) is 68.0 Å². The molecule has 0 aliphatic carbocycles. The summed E-state index contributed by atoms with van der Waals surface area (Å²) in [5.74, 6) is -2.62. The summed E-state index contributed by atoms with van der Waals surface area (Å²) in [6.45, 7) is 6.82. The van der Waals surface area contributed by atoms with Crippen molar-refractivity contribution in [2.75, 3.05) is 13.1 Å². The third-order valence-electron chi connectivity index (χ3n) is 7.03. The fourth-order valence-corrected chi connectivity index (χ4v) is 5.07. The van der Waals surface area contributed by atoms with Crippen LogP contribution in [-0.4, -0.2) is 54.0 Å². The molecule has 7 nitrogen and oxygen atoms in total. The topological polar surface area (TPSA) is 86.4 Å². The molecule has 1 saturated heterocycles. The Labute approximate surface area is 223 Å². The van der Waals surface area contributed by atoms with Crippen molar-refractivity contribution in [3.05, 3.63) is 89.7 Å². The van der Waals surface area contributed by atoms with E-state index in [-0.39, 0.29) is 13.0 Å². The lowest BCUT2D eigenvalue weighted by atomic mass is 10.0. The van der Waals surface area contributed by atoms with E-state index >= 15 is 0 Å². The van der Waals surface area contributed by atoms with Gasteiger partial charge in [0.25, 0.3) is 5.92 Å². The molecule has 5 aromatic heterocycles. The van der Waals surface area contributed by atoms with Gasteiger partial charge in [-0.1, -0.05) is 18.7 Å². The maximum Gasteiger partial charge on any atom is 0.261 e. The zero-order valence-electron chi connectivity index (χ0n) is 21.5. The number of aromatic nitrogens is 6. The van der Waals surface area contributed by atoms with Gasteiger partial charge in [0, 0.05) is 72.2 Å². The van der Waals surface area contributed by atoms with Crippen LogP contribution in [0.4, 0.5) is 8.78 Å². The highest BCUT2D eigenvalue weighted by molar-refractivity contribution is 5.97. The Kier molecular flexibility index (Phi) is 6.36. The second kappa shape index (κ2) is 9.99. The van der Waals surface area contributed by atoms with Gasteiger partial charge >= 0.3 is 0 Å². The SMILES string of the molecule is C=C(/C=c1/c(-c2cc3c(-c4cccnc4)cncc3[nH]2)n[nH]/c1=C/C)c1cncc(CN2CCC(F)(F)C2)c1. The molecule has 0 bridgehead atoms. The number of alkyl halides is 2. The van der Waals surface area contributed by atoms with Crippen molar-refractivity contribution in [3.63, 3.8) is 0 Å². The lowest BCUT2D eigenvalue weighted by Gasteiger charge is -2.15. The molecule has 196 valence electrons. The lowest BCUT2D eigenvalue weighted by molar-refractivity contribution is 0.0115. The van der Waals surface area contributed by atoms with E-state index in [0.717, 1.165) is 60.7 Å². The van der Waals surface area contributed by atoms with E-state index in [9.17, 15) is 8.78 Å². The molecule has 39 heavy (non-hydrogen) atoms. The maximum atomic E-state index is 13.6. The number of hydrogen-bond donors (Lipinski definition) is 2. The van der Waals surface area contributed by atoms with Crippen LogP contribution in [0.2, 0.25) is 0 Å². The molecule has 2 N–H and O–H groups in total. The molecule has 1 fully saturated rings. The van der Waals surface area contributed by atoms with Crippen LogP contribution >= 0.6 is 0 Å². The van der Waals surface area contributed by atoms with Crippen LogP contribution in [0.25, 0.3) is 51.1 Å². The van der Waals surface area contributed by atoms with Gasteiger partial charge < -0.3 is 4.98 Å². The van der Waals surface area contributed by atoms with Crippen LogP contribution in [0.5, 0.6) is 0 Å². The van der Waals surface area contributed by atoms with Gasteiger partial charge in [-0.2, -0.15) is 5.10 Å². The number of allylic oxidation sites excluding steroid dienone is 1. The highest BCUT2D eigenvalue weighted by Gasteiger charge is 2.37. The van der Waals surface area contributed by atoms with Gasteiger partial charge in [0.05, 0.1) is 29.3 Å². The van der Waals surface area contributed by atoms with Crippen molar-refractivity contribution in [2.45, 2.75) is 25.8 Å². The highest BCUT2D eigenvalue weighted by atomic mass is 19.3. The number of H-pyrrole nitrogens is 2. The molecule has 0 saturated carbocycles. The van der Waals surface area contributed by atoms with Crippen molar-refractivity contribution < 1.29 is 8.78 Å². The summed E-state index contributed by atoms with van der Waals surface area (Å²) in [7, 11) is 0. The van der Waals surface area contributed by atoms with Crippen molar-refractivity contribution in [1.29, 1.82) is 0 Å². The van der Waals surface area contributed by atoms with Gasteiger partial charge in [-0.3, -0.25) is 25.0 Å². The van der Waals surface area contributed by atoms with E-state index in [1.54, 1.807) is 29.7 Å². The van der Waals surface area contributed by atoms with Crippen LogP contribution in [-0.2, 0) is 6.54 Å². The highest BCUT2D eigenvalue weighted by Crippen LogP contribution is 2.30. The summed E-state index contributed by atoms with van der Waals surface area (Å²) in [5.41, 5.74) is 6.90. The number of hydrogen-bond acceptors (Lipinski definition) is 5. The molecular weight excluding hydrogens is 496 g/mol. The Bertz CT molecular complexity index is 1790. The van der Waals surface area contributed by atoms with Gasteiger partial charge in [0.15, 0.2) is 0 Å². The first-order valence-electron chi connectivity index (χ1n) is 12.7. The normalized spacial score (nSPS) is 16.4. The zero-order chi connectivity index (χ0) is 27.0. The van der Waals surface area contributed by atoms with E-state index < -0.39 is 5.92 Å². The minimum atomic E-state index is -2.62. The molecule has 1 aliphatic rings. The first-order valence-corrected chi connectivity index (χ1v) is 12.7. The Morgan fingerprint density at radius 1 is 1.13 bits per heavy atom. The summed E-state index contributed by atoms with van der Waals surface area (Å²) >= 11 is 0. The molecule has 5 aromatic rings. The largest absolute Gasteiger partial charge is 0.352 e. The molecule has 0 spiro atoms. The zero-order valence-corrected chi connectivity index (χ0v) is 21.5. The number of pyridine rings is 3. The van der Waals surface area contributed by atoms with Crippen molar-refractivity contribution in [2.24, 2.45) is 0 Å². The molecule has 0 atom stereocenters. The predicted octanol–water partition coefficient (Wildman–Crippen LogP) is 4.55. The lowest BCUT2D eigenvalue weighted by Crippen LogP contribution is -2.25. The second-order valence-electron chi connectivity index (χ2n) is 9.83. The van der Waals surface area contributed by atoms with Crippen LogP contribution in [0, 0.1) is 0 Å². The first kappa shape index (κ1) is 24.8. The second-order valence-corrected chi connectivity index (χ2v) is 9.83. The first-order chi connectivity index (χ1) is 18.9. The van der Waals surface area contributed by atoms with Crippen molar-refractivity contribution in [3.8, 4) is 22.5 Å². The molecule has 0 radical (unpaired) electrons. The average molecular weight is 524 g/mol. The molecule has 1 aliphatic heterocycles. The van der Waals surface area contributed by atoms with E-state index in [4.69, 9.17) is 0 Å². The standard InChI is InChI=1S/C30H27F2N7/c1-3-26-24(9-19(2)22-10-20(12-34-14-22)17-39-8-6-30(31,32)18-39)29(38-37-26)27-11-23-25(15-35-16-28(23)36-27)21-5-4-7-33-13-21/h3-5,7,9-16,36-37H,2,6,8,17-18H2,1H3/b24-9+,26-3+. The molecule has 0 amide bonds. The Hall–Kier alpha value is -4.50. The van der Waals surface area contributed by atoms with Gasteiger partial charge in [0.2, 0.25) is 0 Å². The number of aromatic amines is 2. The van der Waals surface area contributed by atoms with Crippen LogP contribution in [0.1, 0.15) is 24.5 Å². The molecule has 6 rings (SSSR count). The summed E-state index contributed by atoms with van der Waals surface area (Å²) in [6.07, 6.45) is 14.5. The average Bonchev–Trinajstić information content (AvgIpc) is 3.65. The van der Waals surface area contributed by atoms with Gasteiger partial charge in [-0.15, -0.1) is 0 Å². The molecular formula is C30H27F2N7.